The van der Waals surface area contributed by atoms with Crippen LogP contribution in [0.5, 0.6) is 0 Å². The van der Waals surface area contributed by atoms with Crippen molar-refractivity contribution in [2.75, 3.05) is 13.6 Å². The van der Waals surface area contributed by atoms with E-state index in [2.05, 4.69) is 9.89 Å². The van der Waals surface area contributed by atoms with Crippen LogP contribution in [0.4, 0.5) is 0 Å². The molecule has 1 aliphatic heterocycles. The Kier molecular flexibility index (Phi) is 1.95. The summed E-state index contributed by atoms with van der Waals surface area (Å²) in [4.78, 5) is 6.34. The fourth-order valence-corrected chi connectivity index (χ4v) is 2.65. The molecule has 3 heteroatoms. The third kappa shape index (κ3) is 1.08. The fourth-order valence-electron chi connectivity index (χ4n) is 2.65. The number of hydrogen-bond acceptors (Lipinski definition) is 1. The number of nitrogens with two attached hydrogens (primary N) is 1. The molecule has 2 unspecified atom stereocenters. The smallest absolute Gasteiger partial charge is 0.191 e. The molecule has 0 aromatic rings. The maximum Gasteiger partial charge on any atom is 0.191 e. The van der Waals surface area contributed by atoms with E-state index < -0.39 is 0 Å². The lowest BCUT2D eigenvalue weighted by molar-refractivity contribution is 0.361. The number of rotatable bonds is 0. The molecule has 0 radical (unpaired) electrons. The van der Waals surface area contributed by atoms with Crippen molar-refractivity contribution in [2.24, 2.45) is 16.6 Å². The lowest BCUT2D eigenvalue weighted by Crippen LogP contribution is -2.41. The third-order valence-electron chi connectivity index (χ3n) is 3.28. The summed E-state index contributed by atoms with van der Waals surface area (Å²) in [5.74, 6) is 1.65. The molecule has 2 aliphatic rings. The Morgan fingerprint density at radius 3 is 3.00 bits per heavy atom. The summed E-state index contributed by atoms with van der Waals surface area (Å²) < 4.78 is 0. The van der Waals surface area contributed by atoms with Gasteiger partial charge in [0, 0.05) is 19.6 Å². The van der Waals surface area contributed by atoms with Gasteiger partial charge in [-0.1, -0.05) is 6.42 Å². The monoisotopic (exact) mass is 167 g/mol. The Morgan fingerprint density at radius 1 is 1.42 bits per heavy atom. The number of fused-ring (bicyclic) bond motifs is 1. The highest BCUT2D eigenvalue weighted by Gasteiger charge is 2.38. The first-order valence-electron chi connectivity index (χ1n) is 4.82. The van der Waals surface area contributed by atoms with Gasteiger partial charge < -0.3 is 10.6 Å². The zero-order chi connectivity index (χ0) is 8.55. The van der Waals surface area contributed by atoms with Crippen molar-refractivity contribution < 1.29 is 0 Å². The lowest BCUT2D eigenvalue weighted by atomic mass is 10.1. The number of aliphatic imine (C=N–C) groups is 1. The number of hydrogen-bond donors (Lipinski definition) is 1. The second-order valence-corrected chi connectivity index (χ2v) is 3.82. The van der Waals surface area contributed by atoms with Gasteiger partial charge in [-0.2, -0.15) is 0 Å². The quantitative estimate of drug-likeness (QED) is 0.428. The van der Waals surface area contributed by atoms with Crippen LogP contribution in [0.25, 0.3) is 0 Å². The molecule has 1 saturated carbocycles. The zero-order valence-corrected chi connectivity index (χ0v) is 7.66. The van der Waals surface area contributed by atoms with Gasteiger partial charge in [-0.15, -0.1) is 0 Å². The molecule has 1 heterocycles. The van der Waals surface area contributed by atoms with Crippen LogP contribution in [0.2, 0.25) is 0 Å². The van der Waals surface area contributed by atoms with Crippen molar-refractivity contribution in [3.63, 3.8) is 0 Å². The van der Waals surface area contributed by atoms with E-state index in [1.807, 2.05) is 0 Å². The fraction of sp³-hybridized carbons (Fsp3) is 0.889. The number of likely N-dealkylation sites (tertiary alicyclic amines) is 1. The van der Waals surface area contributed by atoms with Gasteiger partial charge in [0.2, 0.25) is 0 Å². The molecule has 2 fully saturated rings. The van der Waals surface area contributed by atoms with Crippen molar-refractivity contribution in [3.05, 3.63) is 0 Å². The highest BCUT2D eigenvalue weighted by molar-refractivity contribution is 5.78. The van der Waals surface area contributed by atoms with Crippen LogP contribution in [0.1, 0.15) is 25.7 Å². The Bertz CT molecular complexity index is 200. The van der Waals surface area contributed by atoms with Gasteiger partial charge in [0.25, 0.3) is 0 Å². The first-order valence-corrected chi connectivity index (χ1v) is 4.82. The number of guanidine groups is 1. The van der Waals surface area contributed by atoms with Crippen molar-refractivity contribution in [3.8, 4) is 0 Å². The van der Waals surface area contributed by atoms with Crippen molar-refractivity contribution >= 4 is 5.96 Å². The largest absolute Gasteiger partial charge is 0.370 e. The molecule has 1 aliphatic carbocycles. The van der Waals surface area contributed by atoms with E-state index in [0.717, 1.165) is 18.4 Å². The summed E-state index contributed by atoms with van der Waals surface area (Å²) in [5.41, 5.74) is 5.81. The average Bonchev–Trinajstić information content (AvgIpc) is 2.62. The SMILES string of the molecule is CN=C(N)N1CCC2CCCC21. The van der Waals surface area contributed by atoms with Crippen LogP contribution in [0, 0.1) is 5.92 Å². The molecule has 0 aromatic heterocycles. The van der Waals surface area contributed by atoms with Crippen LogP contribution in [-0.4, -0.2) is 30.5 Å². The van der Waals surface area contributed by atoms with Gasteiger partial charge in [0.15, 0.2) is 5.96 Å². The molecular formula is C9H17N3. The molecule has 68 valence electrons. The van der Waals surface area contributed by atoms with Gasteiger partial charge in [-0.3, -0.25) is 4.99 Å². The van der Waals surface area contributed by atoms with Crippen LogP contribution in [0.3, 0.4) is 0 Å². The van der Waals surface area contributed by atoms with E-state index >= 15 is 0 Å². The number of nitrogens with zero attached hydrogens (tertiary/aromatic N) is 2. The summed E-state index contributed by atoms with van der Waals surface area (Å²) in [5, 5.41) is 0. The second kappa shape index (κ2) is 2.96. The van der Waals surface area contributed by atoms with E-state index in [9.17, 15) is 0 Å². The van der Waals surface area contributed by atoms with Crippen LogP contribution >= 0.6 is 0 Å². The summed E-state index contributed by atoms with van der Waals surface area (Å²) in [7, 11) is 1.78. The topological polar surface area (TPSA) is 41.6 Å². The molecule has 2 N–H and O–H groups in total. The van der Waals surface area contributed by atoms with E-state index in [0.29, 0.717) is 6.04 Å². The van der Waals surface area contributed by atoms with Crippen molar-refractivity contribution in [2.45, 2.75) is 31.7 Å². The summed E-state index contributed by atoms with van der Waals surface area (Å²) in [6, 6.07) is 0.716. The molecule has 0 aromatic carbocycles. The molecule has 0 bridgehead atoms. The molecule has 2 rings (SSSR count). The first kappa shape index (κ1) is 7.90. The van der Waals surface area contributed by atoms with Gasteiger partial charge in [0.1, 0.15) is 0 Å². The minimum absolute atomic E-state index is 0.716. The van der Waals surface area contributed by atoms with Crippen molar-refractivity contribution in [1.29, 1.82) is 0 Å². The predicted octanol–water partition coefficient (Wildman–Crippen LogP) is 0.805. The maximum atomic E-state index is 5.81. The molecule has 1 saturated heterocycles. The summed E-state index contributed by atoms with van der Waals surface area (Å²) in [6.07, 6.45) is 5.42. The van der Waals surface area contributed by atoms with E-state index in [1.54, 1.807) is 7.05 Å². The molecular weight excluding hydrogens is 150 g/mol. The Morgan fingerprint density at radius 2 is 2.25 bits per heavy atom. The highest BCUT2D eigenvalue weighted by Crippen LogP contribution is 2.37. The van der Waals surface area contributed by atoms with Crippen LogP contribution < -0.4 is 5.73 Å². The van der Waals surface area contributed by atoms with E-state index in [1.165, 1.54) is 25.7 Å². The minimum atomic E-state index is 0.716. The maximum absolute atomic E-state index is 5.81. The molecule has 0 spiro atoms. The second-order valence-electron chi connectivity index (χ2n) is 3.82. The lowest BCUT2D eigenvalue weighted by Gasteiger charge is -2.24. The molecule has 2 atom stereocenters. The molecule has 12 heavy (non-hydrogen) atoms. The minimum Gasteiger partial charge on any atom is -0.370 e. The Balaban J connectivity index is 2.09. The Hall–Kier alpha value is -0.730. The standard InChI is InChI=1S/C9H17N3/c1-11-9(10)12-6-5-7-3-2-4-8(7)12/h7-8H,2-6H2,1H3,(H2,10,11). The summed E-state index contributed by atoms with van der Waals surface area (Å²) >= 11 is 0. The molecule has 0 amide bonds. The zero-order valence-electron chi connectivity index (χ0n) is 7.66. The van der Waals surface area contributed by atoms with Crippen molar-refractivity contribution in [1.82, 2.24) is 4.90 Å². The van der Waals surface area contributed by atoms with Gasteiger partial charge in [-0.25, -0.2) is 0 Å². The highest BCUT2D eigenvalue weighted by atomic mass is 15.3. The van der Waals surface area contributed by atoms with E-state index in [-0.39, 0.29) is 0 Å². The molecule has 3 nitrogen and oxygen atoms in total. The Labute approximate surface area is 73.6 Å². The third-order valence-corrected chi connectivity index (χ3v) is 3.28. The predicted molar refractivity (Wildman–Crippen MR) is 50.0 cm³/mol. The summed E-state index contributed by atoms with van der Waals surface area (Å²) in [6.45, 7) is 1.12. The van der Waals surface area contributed by atoms with Crippen LogP contribution in [-0.2, 0) is 0 Å². The first-order chi connectivity index (χ1) is 5.83. The van der Waals surface area contributed by atoms with E-state index in [4.69, 9.17) is 5.73 Å². The van der Waals surface area contributed by atoms with Gasteiger partial charge in [-0.05, 0) is 25.2 Å². The average molecular weight is 167 g/mol. The normalized spacial score (nSPS) is 35.8. The van der Waals surface area contributed by atoms with Gasteiger partial charge in [0.05, 0.1) is 0 Å². The van der Waals surface area contributed by atoms with Gasteiger partial charge >= 0.3 is 0 Å². The van der Waals surface area contributed by atoms with Crippen LogP contribution in [0.15, 0.2) is 4.99 Å².